The molecule has 2 aromatic rings. The van der Waals surface area contributed by atoms with Gasteiger partial charge in [-0.2, -0.15) is 0 Å². The summed E-state index contributed by atoms with van der Waals surface area (Å²) in [5.41, 5.74) is 1.20. The molecule has 8 nitrogen and oxygen atoms in total. The van der Waals surface area contributed by atoms with E-state index in [1.54, 1.807) is 18.2 Å². The minimum Gasteiger partial charge on any atom is -0.466 e. The van der Waals surface area contributed by atoms with Crippen LogP contribution in [-0.2, 0) is 23.9 Å². The number of amides is 1. The minimum absolute atomic E-state index is 0.0599. The smallest absolute Gasteiger partial charge is 0.354 e. The zero-order chi connectivity index (χ0) is 17.7. The van der Waals surface area contributed by atoms with E-state index in [2.05, 4.69) is 25.1 Å². The Bertz CT molecular complexity index is 828. The third kappa shape index (κ3) is 4.29. The number of rotatable bonds is 5. The first-order chi connectivity index (χ1) is 11.4. The number of hydrogen-bond acceptors (Lipinski definition) is 8. The van der Waals surface area contributed by atoms with Crippen molar-refractivity contribution in [1.82, 2.24) is 4.98 Å². The van der Waals surface area contributed by atoms with Crippen LogP contribution in [0, 0.1) is 0 Å². The molecular weight excluding hydrogens is 334 g/mol. The summed E-state index contributed by atoms with van der Waals surface area (Å²) in [4.78, 5) is 38.4. The van der Waals surface area contributed by atoms with Gasteiger partial charge in [0.05, 0.1) is 30.5 Å². The molecule has 2 N–H and O–H groups in total. The van der Waals surface area contributed by atoms with Gasteiger partial charge in [0.15, 0.2) is 5.13 Å². The molecule has 1 heterocycles. The summed E-state index contributed by atoms with van der Waals surface area (Å²) in [5, 5.41) is 5.91. The second kappa shape index (κ2) is 7.55. The van der Waals surface area contributed by atoms with E-state index in [-0.39, 0.29) is 11.6 Å². The fraction of sp³-hybridized carbons (Fsp3) is 0.200. The van der Waals surface area contributed by atoms with E-state index in [9.17, 15) is 14.4 Å². The Morgan fingerprint density at radius 3 is 2.54 bits per heavy atom. The first-order valence-corrected chi connectivity index (χ1v) is 7.57. The van der Waals surface area contributed by atoms with Crippen molar-refractivity contribution in [1.29, 1.82) is 0 Å². The van der Waals surface area contributed by atoms with Gasteiger partial charge in [-0.25, -0.2) is 14.6 Å². The maximum absolute atomic E-state index is 11.7. The number of esters is 2. The third-order valence-electron chi connectivity index (χ3n) is 2.82. The van der Waals surface area contributed by atoms with Crippen LogP contribution in [0.4, 0.5) is 10.8 Å². The molecule has 0 saturated heterocycles. The van der Waals surface area contributed by atoms with Gasteiger partial charge in [-0.05, 0) is 18.2 Å². The molecule has 0 bridgehead atoms. The fourth-order valence-corrected chi connectivity index (χ4v) is 2.75. The number of thiazole rings is 1. The van der Waals surface area contributed by atoms with Crippen molar-refractivity contribution in [3.05, 3.63) is 30.0 Å². The highest BCUT2D eigenvalue weighted by Gasteiger charge is 2.13. The van der Waals surface area contributed by atoms with Gasteiger partial charge in [-0.3, -0.25) is 4.79 Å². The highest BCUT2D eigenvalue weighted by Crippen LogP contribution is 2.28. The van der Waals surface area contributed by atoms with E-state index in [0.717, 1.165) is 10.8 Å². The van der Waals surface area contributed by atoms with Gasteiger partial charge < -0.3 is 20.1 Å². The van der Waals surface area contributed by atoms with E-state index in [0.29, 0.717) is 16.3 Å². The normalized spacial score (nSPS) is 11.0. The number of carbonyl (C=O) groups excluding carboxylic acids is 3. The molecule has 0 aliphatic rings. The second-order valence-electron chi connectivity index (χ2n) is 4.58. The number of aromatic nitrogens is 1. The van der Waals surface area contributed by atoms with Gasteiger partial charge in [0.1, 0.15) is 5.70 Å². The summed E-state index contributed by atoms with van der Waals surface area (Å²) >= 11 is 1.29. The van der Waals surface area contributed by atoms with Gasteiger partial charge in [-0.1, -0.05) is 11.3 Å². The summed E-state index contributed by atoms with van der Waals surface area (Å²) in [6, 6.07) is 5.16. The average Bonchev–Trinajstić information content (AvgIpc) is 2.93. The number of fused-ring (bicyclic) bond motifs is 1. The van der Waals surface area contributed by atoms with E-state index < -0.39 is 11.9 Å². The molecule has 0 unspecified atom stereocenters. The number of ether oxygens (including phenoxy) is 2. The van der Waals surface area contributed by atoms with Crippen molar-refractivity contribution >= 4 is 50.2 Å². The first-order valence-electron chi connectivity index (χ1n) is 6.76. The molecule has 0 aliphatic carbocycles. The largest absolute Gasteiger partial charge is 0.466 e. The summed E-state index contributed by atoms with van der Waals surface area (Å²) in [7, 11) is 2.42. The molecule has 126 valence electrons. The summed E-state index contributed by atoms with van der Waals surface area (Å²) < 4.78 is 9.94. The number of hydrogen-bond donors (Lipinski definition) is 2. The van der Waals surface area contributed by atoms with Crippen LogP contribution in [0.2, 0.25) is 0 Å². The highest BCUT2D eigenvalue weighted by molar-refractivity contribution is 7.22. The summed E-state index contributed by atoms with van der Waals surface area (Å²) in [5.74, 6) is -1.60. The number of benzene rings is 1. The van der Waals surface area contributed by atoms with Crippen LogP contribution >= 0.6 is 11.3 Å². The van der Waals surface area contributed by atoms with Gasteiger partial charge in [-0.15, -0.1) is 0 Å². The lowest BCUT2D eigenvalue weighted by Crippen LogP contribution is -2.15. The van der Waals surface area contributed by atoms with Gasteiger partial charge in [0, 0.05) is 12.6 Å². The van der Waals surface area contributed by atoms with E-state index in [1.165, 1.54) is 32.5 Å². The number of nitrogens with one attached hydrogen (secondary N) is 2. The van der Waals surface area contributed by atoms with Crippen LogP contribution in [0.5, 0.6) is 0 Å². The first kappa shape index (κ1) is 17.4. The molecule has 1 aromatic carbocycles. The molecular formula is C15H15N3O5S. The molecule has 0 saturated carbocycles. The maximum atomic E-state index is 11.7. The summed E-state index contributed by atoms with van der Waals surface area (Å²) in [6.45, 7) is 1.40. The van der Waals surface area contributed by atoms with Crippen molar-refractivity contribution in [2.75, 3.05) is 24.9 Å². The van der Waals surface area contributed by atoms with Gasteiger partial charge >= 0.3 is 11.9 Å². The van der Waals surface area contributed by atoms with Crippen LogP contribution in [-0.4, -0.2) is 37.0 Å². The van der Waals surface area contributed by atoms with Crippen LogP contribution < -0.4 is 10.6 Å². The number of methoxy groups -OCH3 is 2. The van der Waals surface area contributed by atoms with Crippen molar-refractivity contribution < 1.29 is 23.9 Å². The topological polar surface area (TPSA) is 107 Å². The number of nitrogens with zero attached hydrogens (tertiary/aromatic N) is 1. The van der Waals surface area contributed by atoms with Crippen LogP contribution in [0.15, 0.2) is 30.0 Å². The molecule has 9 heteroatoms. The van der Waals surface area contributed by atoms with Gasteiger partial charge in [0.25, 0.3) is 0 Å². The van der Waals surface area contributed by atoms with Crippen molar-refractivity contribution in [3.8, 4) is 0 Å². The maximum Gasteiger partial charge on any atom is 0.354 e. The Morgan fingerprint density at radius 2 is 1.92 bits per heavy atom. The zero-order valence-electron chi connectivity index (χ0n) is 13.2. The number of carbonyl (C=O) groups is 3. The highest BCUT2D eigenvalue weighted by atomic mass is 32.1. The number of anilines is 2. The molecule has 0 radical (unpaired) electrons. The second-order valence-corrected chi connectivity index (χ2v) is 5.61. The molecule has 0 aliphatic heterocycles. The Hall–Kier alpha value is -2.94. The molecule has 0 spiro atoms. The lowest BCUT2D eigenvalue weighted by molar-refractivity contribution is -0.138. The van der Waals surface area contributed by atoms with E-state index in [4.69, 9.17) is 0 Å². The Labute approximate surface area is 141 Å². The third-order valence-corrected chi connectivity index (χ3v) is 3.75. The average molecular weight is 349 g/mol. The lowest BCUT2D eigenvalue weighted by atomic mass is 10.2. The zero-order valence-corrected chi connectivity index (χ0v) is 14.0. The molecule has 1 aromatic heterocycles. The van der Waals surface area contributed by atoms with Crippen molar-refractivity contribution in [2.45, 2.75) is 6.92 Å². The minimum atomic E-state index is -0.705. The molecule has 24 heavy (non-hydrogen) atoms. The molecule has 2 rings (SSSR count). The standard InChI is InChI=1S/C15H15N3O5S/c1-8(19)16-15-18-10-5-4-9(6-12(10)24-15)17-11(14(21)23-3)7-13(20)22-2/h4-7,17H,1-3H3,(H,16,18,19)/b11-7+. The predicted octanol–water partition coefficient (Wildman–Crippen LogP) is 1.90. The quantitative estimate of drug-likeness (QED) is 0.627. The van der Waals surface area contributed by atoms with Gasteiger partial charge in [0.2, 0.25) is 5.91 Å². The SMILES string of the molecule is COC(=O)/C=C(/Nc1ccc2nc(NC(C)=O)sc2c1)C(=O)OC. The molecule has 1 amide bonds. The Morgan fingerprint density at radius 1 is 1.17 bits per heavy atom. The predicted molar refractivity (Wildman–Crippen MR) is 89.7 cm³/mol. The van der Waals surface area contributed by atoms with Crippen LogP contribution in [0.1, 0.15) is 6.92 Å². The Kier molecular flexibility index (Phi) is 5.48. The fourth-order valence-electron chi connectivity index (χ4n) is 1.79. The van der Waals surface area contributed by atoms with Crippen LogP contribution in [0.25, 0.3) is 10.2 Å². The van der Waals surface area contributed by atoms with Crippen LogP contribution in [0.3, 0.4) is 0 Å². The lowest BCUT2D eigenvalue weighted by Gasteiger charge is -2.08. The van der Waals surface area contributed by atoms with Crippen molar-refractivity contribution in [3.63, 3.8) is 0 Å². The van der Waals surface area contributed by atoms with E-state index >= 15 is 0 Å². The van der Waals surface area contributed by atoms with Crippen molar-refractivity contribution in [2.24, 2.45) is 0 Å². The monoisotopic (exact) mass is 349 g/mol. The molecule has 0 atom stereocenters. The van der Waals surface area contributed by atoms with E-state index in [1.807, 2.05) is 0 Å². The Balaban J connectivity index is 2.29. The summed E-state index contributed by atoms with van der Waals surface area (Å²) in [6.07, 6.45) is 1.01. The molecule has 0 fully saturated rings.